The highest BCUT2D eigenvalue weighted by atomic mass is 32.2. The molecule has 4 N–H and O–H groups in total. The lowest BCUT2D eigenvalue weighted by Gasteiger charge is -2.28. The van der Waals surface area contributed by atoms with Crippen LogP contribution in [-0.4, -0.2) is 36.8 Å². The number of aromatic hydroxyl groups is 1. The maximum atomic E-state index is 13.9. The van der Waals surface area contributed by atoms with Crippen LogP contribution in [0.3, 0.4) is 0 Å². The molecule has 1 heterocycles. The van der Waals surface area contributed by atoms with Gasteiger partial charge in [-0.25, -0.2) is 17.2 Å². The zero-order valence-corrected chi connectivity index (χ0v) is 17.7. The fourth-order valence-electron chi connectivity index (χ4n) is 3.98. The van der Waals surface area contributed by atoms with Gasteiger partial charge in [0.25, 0.3) is 0 Å². The highest BCUT2D eigenvalue weighted by Crippen LogP contribution is 2.36. The van der Waals surface area contributed by atoms with Crippen LogP contribution in [-0.2, 0) is 9.84 Å². The lowest BCUT2D eigenvalue weighted by atomic mass is 9.91. The van der Waals surface area contributed by atoms with Gasteiger partial charge in [-0.15, -0.1) is 0 Å². The van der Waals surface area contributed by atoms with E-state index in [4.69, 9.17) is 5.73 Å². The summed E-state index contributed by atoms with van der Waals surface area (Å²) in [6, 6.07) is 7.22. The Labute approximate surface area is 179 Å². The van der Waals surface area contributed by atoms with E-state index in [2.05, 4.69) is 10.3 Å². The lowest BCUT2D eigenvalue weighted by Crippen LogP contribution is -2.33. The van der Waals surface area contributed by atoms with Crippen molar-refractivity contribution < 1.29 is 22.3 Å². The summed E-state index contributed by atoms with van der Waals surface area (Å²) in [6.07, 6.45) is 5.74. The number of aromatic nitrogens is 1. The Hall–Kier alpha value is -2.78. The molecular weight excluding hydrogens is 424 g/mol. The molecule has 1 fully saturated rings. The van der Waals surface area contributed by atoms with Gasteiger partial charge in [0.2, 0.25) is 0 Å². The van der Waals surface area contributed by atoms with Gasteiger partial charge in [-0.3, -0.25) is 4.98 Å². The zero-order valence-electron chi connectivity index (χ0n) is 16.9. The molecule has 0 amide bonds. The van der Waals surface area contributed by atoms with E-state index in [1.54, 1.807) is 18.2 Å². The molecule has 0 radical (unpaired) electrons. The topological polar surface area (TPSA) is 105 Å². The fraction of sp³-hybridized carbons (Fsp3) is 0.318. The van der Waals surface area contributed by atoms with Crippen LogP contribution < -0.4 is 11.1 Å². The third-order valence-electron chi connectivity index (χ3n) is 5.70. The molecule has 1 aliphatic rings. The van der Waals surface area contributed by atoms with Gasteiger partial charge in [0.15, 0.2) is 27.2 Å². The molecule has 3 aromatic rings. The third-order valence-corrected chi connectivity index (χ3v) is 6.81. The molecule has 0 aliphatic heterocycles. The molecule has 0 saturated heterocycles. The number of rotatable bonds is 4. The molecule has 1 saturated carbocycles. The second kappa shape index (κ2) is 8.05. The average molecular weight is 448 g/mol. The highest BCUT2D eigenvalue weighted by molar-refractivity contribution is 7.90. The van der Waals surface area contributed by atoms with Gasteiger partial charge >= 0.3 is 0 Å². The van der Waals surface area contributed by atoms with Crippen LogP contribution in [0.5, 0.6) is 5.75 Å². The molecule has 31 heavy (non-hydrogen) atoms. The van der Waals surface area contributed by atoms with Crippen molar-refractivity contribution in [1.29, 1.82) is 0 Å². The SMILES string of the molecule is CS(=O)(=O)c1cnc2ccc(-c3cc(F)c(O)c(F)c3)cc2c1N[C@H]1CC[C@H](N)CC1. The predicted octanol–water partition coefficient (Wildman–Crippen LogP) is 3.97. The molecule has 0 spiro atoms. The molecule has 0 bridgehead atoms. The minimum Gasteiger partial charge on any atom is -0.503 e. The van der Waals surface area contributed by atoms with Crippen molar-refractivity contribution in [3.8, 4) is 16.9 Å². The maximum Gasteiger partial charge on any atom is 0.187 e. The first-order valence-corrected chi connectivity index (χ1v) is 11.9. The number of fused-ring (bicyclic) bond motifs is 1. The molecule has 1 aromatic heterocycles. The van der Waals surface area contributed by atoms with E-state index in [1.165, 1.54) is 6.20 Å². The summed E-state index contributed by atoms with van der Waals surface area (Å²) < 4.78 is 52.6. The van der Waals surface area contributed by atoms with Crippen molar-refractivity contribution in [3.05, 3.63) is 48.2 Å². The number of hydrogen-bond donors (Lipinski definition) is 3. The van der Waals surface area contributed by atoms with Gasteiger partial charge in [-0.05, 0) is 61.1 Å². The van der Waals surface area contributed by atoms with Gasteiger partial charge in [0.05, 0.1) is 11.2 Å². The van der Waals surface area contributed by atoms with Crippen LogP contribution in [0, 0.1) is 11.6 Å². The van der Waals surface area contributed by atoms with Gasteiger partial charge in [0, 0.05) is 29.9 Å². The Morgan fingerprint density at radius 2 is 1.71 bits per heavy atom. The van der Waals surface area contributed by atoms with E-state index < -0.39 is 27.2 Å². The summed E-state index contributed by atoms with van der Waals surface area (Å²) in [7, 11) is -3.59. The Bertz CT molecular complexity index is 1230. The van der Waals surface area contributed by atoms with Crippen molar-refractivity contribution in [2.75, 3.05) is 11.6 Å². The summed E-state index contributed by atoms with van der Waals surface area (Å²) in [5.41, 5.74) is 7.64. The number of phenolic OH excluding ortho intramolecular Hbond substituents is 1. The third kappa shape index (κ3) is 4.33. The minimum absolute atomic E-state index is 0.0538. The monoisotopic (exact) mass is 447 g/mol. The van der Waals surface area contributed by atoms with E-state index in [0.29, 0.717) is 22.2 Å². The highest BCUT2D eigenvalue weighted by Gasteiger charge is 2.23. The number of anilines is 1. The number of benzene rings is 2. The molecule has 0 unspecified atom stereocenters. The molecule has 4 rings (SSSR count). The normalized spacial score (nSPS) is 19.5. The summed E-state index contributed by atoms with van der Waals surface area (Å²) in [6.45, 7) is 0. The van der Waals surface area contributed by atoms with Crippen LogP contribution in [0.25, 0.3) is 22.0 Å². The van der Waals surface area contributed by atoms with Crippen LogP contribution in [0.1, 0.15) is 25.7 Å². The Morgan fingerprint density at radius 3 is 2.32 bits per heavy atom. The van der Waals surface area contributed by atoms with Crippen molar-refractivity contribution in [2.45, 2.75) is 42.7 Å². The minimum atomic E-state index is -3.59. The number of phenols is 1. The first kappa shape index (κ1) is 21.5. The van der Waals surface area contributed by atoms with Crippen molar-refractivity contribution >= 4 is 26.4 Å². The smallest absolute Gasteiger partial charge is 0.187 e. The molecule has 9 heteroatoms. The Kier molecular flexibility index (Phi) is 5.57. The van der Waals surface area contributed by atoms with Crippen LogP contribution in [0.15, 0.2) is 41.4 Å². The standard InChI is InChI=1S/C22H23F2N3O3S/c1-31(29,30)20-11-26-19-7-2-12(13-9-17(23)22(28)18(24)10-13)8-16(19)21(20)27-15-5-3-14(25)4-6-15/h2,7-11,14-15,28H,3-6,25H2,1H3,(H,26,27)/t14-,15-. The van der Waals surface area contributed by atoms with Gasteiger partial charge in [-0.2, -0.15) is 0 Å². The molecule has 2 aromatic carbocycles. The fourth-order valence-corrected chi connectivity index (χ4v) is 4.77. The van der Waals surface area contributed by atoms with Crippen LogP contribution >= 0.6 is 0 Å². The largest absolute Gasteiger partial charge is 0.503 e. The molecule has 6 nitrogen and oxygen atoms in total. The number of halogens is 2. The Morgan fingerprint density at radius 1 is 1.06 bits per heavy atom. The number of sulfone groups is 1. The first-order chi connectivity index (χ1) is 14.6. The Balaban J connectivity index is 1.87. The van der Waals surface area contributed by atoms with Gasteiger partial charge < -0.3 is 16.2 Å². The van der Waals surface area contributed by atoms with Crippen molar-refractivity contribution in [2.24, 2.45) is 5.73 Å². The summed E-state index contributed by atoms with van der Waals surface area (Å²) in [4.78, 5) is 4.34. The summed E-state index contributed by atoms with van der Waals surface area (Å²) >= 11 is 0. The summed E-state index contributed by atoms with van der Waals surface area (Å²) in [5, 5.41) is 13.3. The van der Waals surface area contributed by atoms with E-state index in [9.17, 15) is 22.3 Å². The predicted molar refractivity (Wildman–Crippen MR) is 116 cm³/mol. The molecule has 0 atom stereocenters. The number of hydrogen-bond acceptors (Lipinski definition) is 6. The van der Waals surface area contributed by atoms with Gasteiger partial charge in [-0.1, -0.05) is 6.07 Å². The van der Waals surface area contributed by atoms with E-state index in [-0.39, 0.29) is 22.5 Å². The number of nitrogens with zero attached hydrogens (tertiary/aromatic N) is 1. The average Bonchev–Trinajstić information content (AvgIpc) is 2.72. The maximum absolute atomic E-state index is 13.9. The molecule has 164 valence electrons. The van der Waals surface area contributed by atoms with Crippen LogP contribution in [0.4, 0.5) is 14.5 Å². The molecular formula is C22H23F2N3O3S. The van der Waals surface area contributed by atoms with Crippen LogP contribution in [0.2, 0.25) is 0 Å². The quantitative estimate of drug-likeness (QED) is 0.559. The van der Waals surface area contributed by atoms with Crippen molar-refractivity contribution in [1.82, 2.24) is 4.98 Å². The number of pyridine rings is 1. The second-order valence-electron chi connectivity index (χ2n) is 8.05. The van der Waals surface area contributed by atoms with E-state index in [0.717, 1.165) is 44.1 Å². The first-order valence-electron chi connectivity index (χ1n) is 9.97. The summed E-state index contributed by atoms with van der Waals surface area (Å²) in [5.74, 6) is -3.19. The number of nitrogens with two attached hydrogens (primary N) is 1. The number of nitrogens with one attached hydrogen (secondary N) is 1. The van der Waals surface area contributed by atoms with Gasteiger partial charge in [0.1, 0.15) is 4.90 Å². The van der Waals surface area contributed by atoms with E-state index >= 15 is 0 Å². The lowest BCUT2D eigenvalue weighted by molar-refractivity contribution is 0.396. The second-order valence-corrected chi connectivity index (χ2v) is 10.0. The van der Waals surface area contributed by atoms with Crippen molar-refractivity contribution in [3.63, 3.8) is 0 Å². The van der Waals surface area contributed by atoms with E-state index in [1.807, 2.05) is 0 Å². The molecule has 1 aliphatic carbocycles. The zero-order chi connectivity index (χ0) is 22.3.